The summed E-state index contributed by atoms with van der Waals surface area (Å²) in [5, 5.41) is 9.99. The number of piperazine rings is 1. The maximum atomic E-state index is 13.6. The number of nitrogens with one attached hydrogen (secondary N) is 2. The van der Waals surface area contributed by atoms with E-state index >= 15 is 0 Å². The number of hydrogen-bond donors (Lipinski definition) is 2. The molecule has 4 rings (SSSR count). The fourth-order valence-corrected chi connectivity index (χ4v) is 4.67. The van der Waals surface area contributed by atoms with Gasteiger partial charge in [0.25, 0.3) is 5.91 Å². The van der Waals surface area contributed by atoms with Gasteiger partial charge in [-0.3, -0.25) is 14.8 Å². The Morgan fingerprint density at radius 3 is 2.66 bits per heavy atom. The lowest BCUT2D eigenvalue weighted by Gasteiger charge is -2.46. The second-order valence-electron chi connectivity index (χ2n) is 9.11. The normalized spacial score (nSPS) is 22.7. The van der Waals surface area contributed by atoms with Crippen molar-refractivity contribution in [2.45, 2.75) is 58.8 Å². The van der Waals surface area contributed by atoms with Crippen molar-refractivity contribution in [2.75, 3.05) is 25.0 Å². The van der Waals surface area contributed by atoms with Gasteiger partial charge >= 0.3 is 6.03 Å². The van der Waals surface area contributed by atoms with Crippen LogP contribution in [0.15, 0.2) is 18.3 Å². The molecule has 172 valence electrons. The Hall–Kier alpha value is -3.01. The van der Waals surface area contributed by atoms with Crippen LogP contribution in [0, 0.1) is 5.82 Å². The molecule has 0 unspecified atom stereocenters. The van der Waals surface area contributed by atoms with Crippen LogP contribution >= 0.6 is 0 Å². The molecule has 3 amide bonds. The molecule has 0 aliphatic carbocycles. The van der Waals surface area contributed by atoms with Crippen LogP contribution in [0.5, 0.6) is 0 Å². The van der Waals surface area contributed by atoms with E-state index in [1.807, 2.05) is 23.6 Å². The van der Waals surface area contributed by atoms with Gasteiger partial charge in [-0.05, 0) is 46.4 Å². The lowest BCUT2D eigenvalue weighted by atomic mass is 10.0. The number of fused-ring (bicyclic) bond motifs is 1. The minimum Gasteiger partial charge on any atom is -0.319 e. The predicted octanol–water partition coefficient (Wildman–Crippen LogP) is 2.78. The number of halogens is 1. The van der Waals surface area contributed by atoms with E-state index in [1.54, 1.807) is 0 Å². The SMILES string of the molecule is CCN1C[C@H](C)N(C(=O)N2Cc3c(NC(=O)c4ccc(F)cn4)n[nH]c3C2(C)C)C[C@@H]1C. The molecule has 0 radical (unpaired) electrons. The zero-order chi connectivity index (χ0) is 23.2. The number of rotatable bonds is 3. The van der Waals surface area contributed by atoms with Gasteiger partial charge in [-0.15, -0.1) is 0 Å². The van der Waals surface area contributed by atoms with Crippen molar-refractivity contribution >= 4 is 17.8 Å². The van der Waals surface area contributed by atoms with Crippen molar-refractivity contribution in [1.82, 2.24) is 29.9 Å². The zero-order valence-electron chi connectivity index (χ0n) is 19.1. The quantitative estimate of drug-likeness (QED) is 0.760. The number of carbonyl (C=O) groups excluding carboxylic acids is 2. The minimum absolute atomic E-state index is 0.0211. The van der Waals surface area contributed by atoms with Crippen molar-refractivity contribution in [3.8, 4) is 0 Å². The van der Waals surface area contributed by atoms with Crippen molar-refractivity contribution in [1.29, 1.82) is 0 Å². The average molecular weight is 444 g/mol. The van der Waals surface area contributed by atoms with Crippen molar-refractivity contribution < 1.29 is 14.0 Å². The summed E-state index contributed by atoms with van der Waals surface area (Å²) in [6.45, 7) is 13.1. The van der Waals surface area contributed by atoms with E-state index in [0.29, 0.717) is 24.9 Å². The summed E-state index contributed by atoms with van der Waals surface area (Å²) in [5.41, 5.74) is 1.04. The van der Waals surface area contributed by atoms with Gasteiger partial charge in [0.2, 0.25) is 0 Å². The summed E-state index contributed by atoms with van der Waals surface area (Å²) in [7, 11) is 0. The van der Waals surface area contributed by atoms with E-state index in [0.717, 1.165) is 30.5 Å². The highest BCUT2D eigenvalue weighted by Gasteiger charge is 2.46. The molecule has 32 heavy (non-hydrogen) atoms. The van der Waals surface area contributed by atoms with Crippen LogP contribution in [-0.2, 0) is 12.1 Å². The molecule has 4 heterocycles. The molecule has 10 heteroatoms. The Morgan fingerprint density at radius 1 is 1.25 bits per heavy atom. The summed E-state index contributed by atoms with van der Waals surface area (Å²) >= 11 is 0. The second kappa shape index (κ2) is 8.16. The monoisotopic (exact) mass is 443 g/mol. The molecular weight excluding hydrogens is 413 g/mol. The lowest BCUT2D eigenvalue weighted by Crippen LogP contribution is -2.61. The number of amides is 3. The van der Waals surface area contributed by atoms with Crippen LogP contribution in [0.3, 0.4) is 0 Å². The highest BCUT2D eigenvalue weighted by Crippen LogP contribution is 2.41. The molecular formula is C22H30FN7O2. The number of urea groups is 1. The van der Waals surface area contributed by atoms with Crippen LogP contribution in [0.2, 0.25) is 0 Å². The Kier molecular flexibility index (Phi) is 5.66. The Labute approximate surface area is 187 Å². The van der Waals surface area contributed by atoms with Crippen molar-refractivity contribution in [3.05, 3.63) is 41.1 Å². The molecule has 0 spiro atoms. The molecule has 0 aromatic carbocycles. The van der Waals surface area contributed by atoms with Gasteiger partial charge in [0.05, 0.1) is 24.0 Å². The first kappa shape index (κ1) is 22.2. The van der Waals surface area contributed by atoms with Crippen LogP contribution in [0.4, 0.5) is 15.0 Å². The average Bonchev–Trinajstić information content (AvgIpc) is 3.27. The standard InChI is InChI=1S/C22H30FN7O2/c1-6-28-10-14(3)29(11-13(28)2)21(32)30-12-16-18(22(30,4)5)26-27-19(16)25-20(31)17-8-7-15(23)9-24-17/h7-9,13-14H,6,10-12H2,1-5H3,(H2,25,26,27,31)/t13-,14-/m0/s1. The van der Waals surface area contributed by atoms with Gasteiger partial charge in [-0.2, -0.15) is 5.10 Å². The molecule has 2 aliphatic heterocycles. The summed E-state index contributed by atoms with van der Waals surface area (Å²) in [4.78, 5) is 36.1. The third-order valence-electron chi connectivity index (χ3n) is 6.66. The molecule has 1 saturated heterocycles. The number of hydrogen-bond acceptors (Lipinski definition) is 5. The van der Waals surface area contributed by atoms with E-state index in [2.05, 4.69) is 46.2 Å². The van der Waals surface area contributed by atoms with Gasteiger partial charge < -0.3 is 15.1 Å². The van der Waals surface area contributed by atoms with Crippen LogP contribution in [0.25, 0.3) is 0 Å². The first-order chi connectivity index (χ1) is 15.1. The molecule has 1 fully saturated rings. The fraction of sp³-hybridized carbons (Fsp3) is 0.545. The minimum atomic E-state index is -0.610. The molecule has 2 aliphatic rings. The van der Waals surface area contributed by atoms with Crippen molar-refractivity contribution in [3.63, 3.8) is 0 Å². The third-order valence-corrected chi connectivity index (χ3v) is 6.66. The second-order valence-corrected chi connectivity index (χ2v) is 9.11. The Bertz CT molecular complexity index is 1020. The van der Waals surface area contributed by atoms with Crippen LogP contribution in [0.1, 0.15) is 56.4 Å². The number of aromatic nitrogens is 3. The zero-order valence-corrected chi connectivity index (χ0v) is 19.1. The van der Waals surface area contributed by atoms with E-state index in [4.69, 9.17) is 0 Å². The number of pyridine rings is 1. The van der Waals surface area contributed by atoms with E-state index in [-0.39, 0.29) is 17.8 Å². The van der Waals surface area contributed by atoms with Gasteiger partial charge in [-0.25, -0.2) is 14.2 Å². The summed E-state index contributed by atoms with van der Waals surface area (Å²) in [5.74, 6) is -0.641. The van der Waals surface area contributed by atoms with E-state index in [9.17, 15) is 14.0 Å². The summed E-state index contributed by atoms with van der Waals surface area (Å²) in [6.07, 6.45) is 0.994. The van der Waals surface area contributed by atoms with E-state index < -0.39 is 17.3 Å². The molecule has 0 saturated carbocycles. The van der Waals surface area contributed by atoms with Gasteiger partial charge in [0.1, 0.15) is 11.5 Å². The van der Waals surface area contributed by atoms with Crippen LogP contribution < -0.4 is 5.32 Å². The maximum Gasteiger partial charge on any atom is 0.321 e. The van der Waals surface area contributed by atoms with E-state index in [1.165, 1.54) is 12.1 Å². The maximum absolute atomic E-state index is 13.6. The van der Waals surface area contributed by atoms with Gasteiger partial charge in [0.15, 0.2) is 5.82 Å². The summed E-state index contributed by atoms with van der Waals surface area (Å²) in [6, 6.07) is 2.88. The number of likely N-dealkylation sites (N-methyl/N-ethyl adjacent to an activating group) is 1. The molecule has 2 atom stereocenters. The number of carbonyl (C=O) groups is 2. The lowest BCUT2D eigenvalue weighted by molar-refractivity contribution is 0.0373. The smallest absolute Gasteiger partial charge is 0.319 e. The number of aromatic amines is 1. The molecule has 0 bridgehead atoms. The topological polar surface area (TPSA) is 97.5 Å². The Balaban J connectivity index is 1.53. The number of H-pyrrole nitrogens is 1. The highest BCUT2D eigenvalue weighted by molar-refractivity contribution is 6.02. The number of nitrogens with zero attached hydrogens (tertiary/aromatic N) is 5. The Morgan fingerprint density at radius 2 is 2.00 bits per heavy atom. The molecule has 2 N–H and O–H groups in total. The first-order valence-corrected chi connectivity index (χ1v) is 11.0. The fourth-order valence-electron chi connectivity index (χ4n) is 4.67. The highest BCUT2D eigenvalue weighted by atomic mass is 19.1. The third kappa shape index (κ3) is 3.72. The first-order valence-electron chi connectivity index (χ1n) is 11.0. The predicted molar refractivity (Wildman–Crippen MR) is 118 cm³/mol. The summed E-state index contributed by atoms with van der Waals surface area (Å²) < 4.78 is 13.1. The molecule has 2 aromatic rings. The van der Waals surface area contributed by atoms with Crippen molar-refractivity contribution in [2.24, 2.45) is 0 Å². The van der Waals surface area contributed by atoms with Crippen LogP contribution in [-0.4, -0.2) is 73.5 Å². The van der Waals surface area contributed by atoms with Gasteiger partial charge in [0, 0.05) is 30.7 Å². The number of anilines is 1. The largest absolute Gasteiger partial charge is 0.321 e. The molecule has 2 aromatic heterocycles. The van der Waals surface area contributed by atoms with Gasteiger partial charge in [-0.1, -0.05) is 6.92 Å². The molecule has 9 nitrogen and oxygen atoms in total.